The zero-order valence-corrected chi connectivity index (χ0v) is 15.1. The first kappa shape index (κ1) is 18.8. The topological polar surface area (TPSA) is 55.4 Å². The van der Waals surface area contributed by atoms with Crippen LogP contribution in [0.1, 0.15) is 31.2 Å². The van der Waals surface area contributed by atoms with E-state index in [2.05, 4.69) is 5.32 Å². The smallest absolute Gasteiger partial charge is 0.309 e. The molecule has 1 aliphatic carbocycles. The molecule has 24 heavy (non-hydrogen) atoms. The van der Waals surface area contributed by atoms with Gasteiger partial charge in [0.2, 0.25) is 5.91 Å². The van der Waals surface area contributed by atoms with Gasteiger partial charge in [0.05, 0.1) is 13.0 Å². The summed E-state index contributed by atoms with van der Waals surface area (Å²) in [6.45, 7) is 0.470. The first-order chi connectivity index (χ1) is 11.5. The van der Waals surface area contributed by atoms with Gasteiger partial charge in [-0.25, -0.2) is 0 Å². The van der Waals surface area contributed by atoms with E-state index in [1.807, 2.05) is 0 Å². The summed E-state index contributed by atoms with van der Waals surface area (Å²) in [5.74, 6) is -0.394. The van der Waals surface area contributed by atoms with Crippen LogP contribution in [-0.4, -0.2) is 25.5 Å². The van der Waals surface area contributed by atoms with E-state index in [4.69, 9.17) is 27.9 Å². The molecule has 1 N–H and O–H groups in total. The molecule has 1 fully saturated rings. The van der Waals surface area contributed by atoms with Crippen LogP contribution >= 0.6 is 23.2 Å². The standard InChI is InChI=1S/C18H21Cl2NO3/c1-24-18(23)15-5-3-2-4-13(15)11-21-17(22)9-7-12-6-8-14(19)10-16(12)20/h6-10,13,15H,2-5,11H2,1H3,(H,21,22)/b9-7+. The van der Waals surface area contributed by atoms with Crippen molar-refractivity contribution in [3.63, 3.8) is 0 Å². The van der Waals surface area contributed by atoms with Crippen molar-refractivity contribution in [3.8, 4) is 0 Å². The molecule has 4 nitrogen and oxygen atoms in total. The van der Waals surface area contributed by atoms with Gasteiger partial charge in [-0.3, -0.25) is 9.59 Å². The van der Waals surface area contributed by atoms with Crippen LogP contribution in [0.2, 0.25) is 10.0 Å². The van der Waals surface area contributed by atoms with Gasteiger partial charge in [-0.2, -0.15) is 0 Å². The monoisotopic (exact) mass is 369 g/mol. The van der Waals surface area contributed by atoms with Crippen LogP contribution in [0, 0.1) is 11.8 Å². The van der Waals surface area contributed by atoms with Gasteiger partial charge in [0.1, 0.15) is 0 Å². The molecule has 1 aromatic carbocycles. The number of ether oxygens (including phenoxy) is 1. The minimum atomic E-state index is -0.213. The van der Waals surface area contributed by atoms with Gasteiger partial charge < -0.3 is 10.1 Å². The van der Waals surface area contributed by atoms with E-state index in [1.165, 1.54) is 13.2 Å². The fourth-order valence-electron chi connectivity index (χ4n) is 3.01. The highest BCUT2D eigenvalue weighted by Crippen LogP contribution is 2.30. The van der Waals surface area contributed by atoms with Gasteiger partial charge in [-0.1, -0.05) is 42.1 Å². The number of benzene rings is 1. The molecule has 1 aliphatic rings. The van der Waals surface area contributed by atoms with Crippen molar-refractivity contribution in [2.24, 2.45) is 11.8 Å². The highest BCUT2D eigenvalue weighted by molar-refractivity contribution is 6.35. The SMILES string of the molecule is COC(=O)C1CCCCC1CNC(=O)/C=C/c1ccc(Cl)cc1Cl. The number of methoxy groups -OCH3 is 1. The number of esters is 1. The quantitative estimate of drug-likeness (QED) is 0.627. The van der Waals surface area contributed by atoms with Crippen molar-refractivity contribution in [1.29, 1.82) is 0 Å². The van der Waals surface area contributed by atoms with Crippen molar-refractivity contribution >= 4 is 41.2 Å². The molecule has 0 aromatic heterocycles. The Morgan fingerprint density at radius 1 is 1.29 bits per heavy atom. The van der Waals surface area contributed by atoms with Crippen LogP contribution in [0.15, 0.2) is 24.3 Å². The van der Waals surface area contributed by atoms with Gasteiger partial charge in [0.15, 0.2) is 0 Å². The Kier molecular flexibility index (Phi) is 7.13. The number of hydrogen-bond donors (Lipinski definition) is 1. The third-order valence-electron chi connectivity index (χ3n) is 4.33. The van der Waals surface area contributed by atoms with E-state index >= 15 is 0 Å². The maximum absolute atomic E-state index is 12.0. The van der Waals surface area contributed by atoms with E-state index < -0.39 is 0 Å². The lowest BCUT2D eigenvalue weighted by atomic mass is 9.79. The van der Waals surface area contributed by atoms with E-state index in [-0.39, 0.29) is 23.7 Å². The molecule has 0 aliphatic heterocycles. The number of rotatable bonds is 5. The Hall–Kier alpha value is -1.52. The zero-order chi connectivity index (χ0) is 17.5. The number of nitrogens with one attached hydrogen (secondary N) is 1. The van der Waals surface area contributed by atoms with Gasteiger partial charge in [0.25, 0.3) is 0 Å². The number of halogens is 2. The van der Waals surface area contributed by atoms with Gasteiger partial charge in [-0.15, -0.1) is 0 Å². The summed E-state index contributed by atoms with van der Waals surface area (Å²) in [4.78, 5) is 23.8. The Bertz CT molecular complexity index is 631. The van der Waals surface area contributed by atoms with Gasteiger partial charge in [-0.05, 0) is 42.5 Å². The second-order valence-corrected chi connectivity index (χ2v) is 6.76. The Morgan fingerprint density at radius 3 is 2.75 bits per heavy atom. The highest BCUT2D eigenvalue weighted by Gasteiger charge is 2.31. The van der Waals surface area contributed by atoms with Crippen molar-refractivity contribution < 1.29 is 14.3 Å². The minimum absolute atomic E-state index is 0.126. The van der Waals surface area contributed by atoms with Crippen LogP contribution in [0.3, 0.4) is 0 Å². The molecule has 0 saturated heterocycles. The summed E-state index contributed by atoms with van der Waals surface area (Å²) in [5, 5.41) is 3.90. The third-order valence-corrected chi connectivity index (χ3v) is 4.89. The molecule has 0 heterocycles. The summed E-state index contributed by atoms with van der Waals surface area (Å²) < 4.78 is 4.86. The van der Waals surface area contributed by atoms with Crippen molar-refractivity contribution in [3.05, 3.63) is 39.9 Å². The Morgan fingerprint density at radius 2 is 2.04 bits per heavy atom. The van der Waals surface area contributed by atoms with Crippen molar-refractivity contribution in [2.45, 2.75) is 25.7 Å². The number of hydrogen-bond acceptors (Lipinski definition) is 3. The molecule has 1 saturated carbocycles. The lowest BCUT2D eigenvalue weighted by Crippen LogP contribution is -2.37. The second kappa shape index (κ2) is 9.09. The number of amides is 1. The third kappa shape index (κ3) is 5.25. The molecule has 1 aromatic rings. The lowest BCUT2D eigenvalue weighted by molar-refractivity contribution is -0.148. The minimum Gasteiger partial charge on any atom is -0.469 e. The lowest BCUT2D eigenvalue weighted by Gasteiger charge is -2.29. The molecular weight excluding hydrogens is 349 g/mol. The Balaban J connectivity index is 1.89. The maximum atomic E-state index is 12.0. The second-order valence-electron chi connectivity index (χ2n) is 5.92. The van der Waals surface area contributed by atoms with Crippen molar-refractivity contribution in [1.82, 2.24) is 5.32 Å². The summed E-state index contributed by atoms with van der Waals surface area (Å²) in [7, 11) is 1.41. The molecule has 1 amide bonds. The van der Waals surface area contributed by atoms with Crippen LogP contribution in [0.25, 0.3) is 6.08 Å². The summed E-state index contributed by atoms with van der Waals surface area (Å²) in [6, 6.07) is 5.10. The zero-order valence-electron chi connectivity index (χ0n) is 13.6. The molecule has 0 spiro atoms. The first-order valence-electron chi connectivity index (χ1n) is 8.00. The predicted octanol–water partition coefficient (Wildman–Crippen LogP) is 4.10. The van der Waals surface area contributed by atoms with Gasteiger partial charge >= 0.3 is 5.97 Å². The van der Waals surface area contributed by atoms with Crippen LogP contribution in [-0.2, 0) is 14.3 Å². The number of carbonyl (C=O) groups excluding carboxylic acids is 2. The van der Waals surface area contributed by atoms with Gasteiger partial charge in [0, 0.05) is 22.7 Å². The van der Waals surface area contributed by atoms with Crippen LogP contribution < -0.4 is 5.32 Å². The molecule has 130 valence electrons. The predicted molar refractivity (Wildman–Crippen MR) is 96.0 cm³/mol. The highest BCUT2D eigenvalue weighted by atomic mass is 35.5. The van der Waals surface area contributed by atoms with E-state index in [1.54, 1.807) is 24.3 Å². The first-order valence-corrected chi connectivity index (χ1v) is 8.75. The molecule has 2 atom stereocenters. The Labute approximate surface area is 152 Å². The molecule has 2 unspecified atom stereocenters. The molecule has 0 bridgehead atoms. The largest absolute Gasteiger partial charge is 0.469 e. The maximum Gasteiger partial charge on any atom is 0.309 e. The normalized spacial score (nSPS) is 20.8. The fourth-order valence-corrected chi connectivity index (χ4v) is 3.48. The van der Waals surface area contributed by atoms with Crippen LogP contribution in [0.4, 0.5) is 0 Å². The molecular formula is C18H21Cl2NO3. The molecule has 6 heteroatoms. The average molecular weight is 370 g/mol. The summed E-state index contributed by atoms with van der Waals surface area (Å²) in [5.41, 5.74) is 0.723. The van der Waals surface area contributed by atoms with Crippen molar-refractivity contribution in [2.75, 3.05) is 13.7 Å². The molecule has 2 rings (SSSR count). The summed E-state index contributed by atoms with van der Waals surface area (Å²) in [6.07, 6.45) is 6.93. The van der Waals surface area contributed by atoms with E-state index in [9.17, 15) is 9.59 Å². The summed E-state index contributed by atoms with van der Waals surface area (Å²) >= 11 is 11.9. The van der Waals surface area contributed by atoms with E-state index in [0.717, 1.165) is 31.2 Å². The number of carbonyl (C=O) groups is 2. The fraction of sp³-hybridized carbons (Fsp3) is 0.444. The van der Waals surface area contributed by atoms with E-state index in [0.29, 0.717) is 16.6 Å². The molecule has 0 radical (unpaired) electrons. The van der Waals surface area contributed by atoms with Crippen LogP contribution in [0.5, 0.6) is 0 Å². The average Bonchev–Trinajstić information content (AvgIpc) is 2.58.